The van der Waals surface area contributed by atoms with E-state index >= 15 is 0 Å². The minimum Gasteiger partial charge on any atom is -0.360 e. The maximum absolute atomic E-state index is 11.8. The summed E-state index contributed by atoms with van der Waals surface area (Å²) in [5.41, 5.74) is 3.08. The third-order valence-electron chi connectivity index (χ3n) is 3.90. The Morgan fingerprint density at radius 3 is 2.68 bits per heavy atom. The molecular weight excluding hydrogens is 396 g/mol. The van der Waals surface area contributed by atoms with Crippen molar-refractivity contribution in [1.29, 1.82) is 0 Å². The van der Waals surface area contributed by atoms with Crippen LogP contribution in [-0.2, 0) is 9.73 Å². The fourth-order valence-corrected chi connectivity index (χ4v) is 3.57. The van der Waals surface area contributed by atoms with Crippen LogP contribution in [0.25, 0.3) is 22.2 Å². The van der Waals surface area contributed by atoms with E-state index in [1.165, 1.54) is 0 Å². The topological polar surface area (TPSA) is 95.9 Å². The van der Waals surface area contributed by atoms with Gasteiger partial charge >= 0.3 is 0 Å². The van der Waals surface area contributed by atoms with Crippen molar-refractivity contribution in [3.63, 3.8) is 0 Å². The maximum atomic E-state index is 11.8. The molecule has 0 radical (unpaired) electrons. The number of hydrogen-bond donors (Lipinski definition) is 2. The van der Waals surface area contributed by atoms with Crippen LogP contribution in [0.2, 0.25) is 5.02 Å². The Kier molecular flexibility index (Phi) is 4.74. The number of nitrogens with one attached hydrogen (secondary N) is 2. The van der Waals surface area contributed by atoms with Gasteiger partial charge in [0.1, 0.15) is 5.82 Å². The Hall–Kier alpha value is -2.97. The highest BCUT2D eigenvalue weighted by Crippen LogP contribution is 2.32. The number of halogens is 1. The summed E-state index contributed by atoms with van der Waals surface area (Å²) in [7, 11) is -2.23. The average molecular weight is 413 g/mol. The number of aromatic nitrogens is 4. The van der Waals surface area contributed by atoms with Crippen molar-refractivity contribution in [3.8, 4) is 11.3 Å². The largest absolute Gasteiger partial charge is 0.360 e. The summed E-state index contributed by atoms with van der Waals surface area (Å²) in [6.45, 7) is 0. The molecule has 4 aromatic rings. The van der Waals surface area contributed by atoms with Crippen LogP contribution in [0.3, 0.4) is 0 Å². The van der Waals surface area contributed by atoms with E-state index in [1.54, 1.807) is 37.0 Å². The van der Waals surface area contributed by atoms with Crippen LogP contribution in [0.4, 0.5) is 17.5 Å². The third kappa shape index (κ3) is 3.97. The van der Waals surface area contributed by atoms with Crippen molar-refractivity contribution < 1.29 is 4.21 Å². The van der Waals surface area contributed by atoms with Crippen LogP contribution in [-0.4, -0.2) is 36.7 Å². The number of H-pyrrole nitrogens is 1. The fourth-order valence-electron chi connectivity index (χ4n) is 2.77. The monoisotopic (exact) mass is 412 g/mol. The highest BCUT2D eigenvalue weighted by atomic mass is 35.5. The van der Waals surface area contributed by atoms with Gasteiger partial charge < -0.3 is 10.3 Å². The minimum absolute atomic E-state index is 0.372. The van der Waals surface area contributed by atoms with E-state index in [0.717, 1.165) is 16.5 Å². The Morgan fingerprint density at radius 2 is 1.93 bits per heavy atom. The molecule has 2 N–H and O–H groups in total. The highest BCUT2D eigenvalue weighted by molar-refractivity contribution is 7.92. The van der Waals surface area contributed by atoms with Crippen molar-refractivity contribution in [3.05, 3.63) is 60.0 Å². The summed E-state index contributed by atoms with van der Waals surface area (Å²) in [6.07, 6.45) is 8.14. The second-order valence-electron chi connectivity index (χ2n) is 6.44. The maximum Gasteiger partial charge on any atom is 0.228 e. The molecule has 142 valence electrons. The normalized spacial score (nSPS) is 11.5. The van der Waals surface area contributed by atoms with Crippen LogP contribution in [0.5, 0.6) is 0 Å². The lowest BCUT2D eigenvalue weighted by Gasteiger charge is -2.07. The third-order valence-corrected chi connectivity index (χ3v) is 4.83. The molecule has 0 aliphatic rings. The molecule has 0 aliphatic carbocycles. The first-order valence-corrected chi connectivity index (χ1v) is 11.1. The van der Waals surface area contributed by atoms with Gasteiger partial charge in [0.05, 0.1) is 28.8 Å². The summed E-state index contributed by atoms with van der Waals surface area (Å²) in [5, 5.41) is 4.54. The molecule has 0 atom stereocenters. The number of benzene rings is 1. The number of nitrogens with zero attached hydrogens (tertiary/aromatic N) is 4. The molecule has 0 aliphatic heterocycles. The first-order chi connectivity index (χ1) is 13.4. The van der Waals surface area contributed by atoms with E-state index in [9.17, 15) is 4.21 Å². The Morgan fingerprint density at radius 1 is 1.11 bits per heavy atom. The van der Waals surface area contributed by atoms with Crippen LogP contribution in [0.15, 0.2) is 59.4 Å². The van der Waals surface area contributed by atoms with Crippen molar-refractivity contribution >= 4 is 49.7 Å². The highest BCUT2D eigenvalue weighted by Gasteiger charge is 2.13. The molecule has 0 fully saturated rings. The van der Waals surface area contributed by atoms with Gasteiger partial charge in [-0.25, -0.2) is 19.2 Å². The van der Waals surface area contributed by atoms with Crippen LogP contribution < -0.4 is 5.32 Å². The molecule has 0 saturated heterocycles. The first-order valence-electron chi connectivity index (χ1n) is 8.38. The Bertz CT molecular complexity index is 1270. The molecule has 7 nitrogen and oxygen atoms in total. The zero-order valence-corrected chi connectivity index (χ0v) is 16.8. The molecule has 1 aromatic carbocycles. The van der Waals surface area contributed by atoms with Gasteiger partial charge in [0.2, 0.25) is 5.95 Å². The van der Waals surface area contributed by atoms with E-state index in [0.29, 0.717) is 28.2 Å². The van der Waals surface area contributed by atoms with Crippen LogP contribution >= 0.6 is 11.6 Å². The molecule has 0 saturated carbocycles. The van der Waals surface area contributed by atoms with Gasteiger partial charge in [-0.05, 0) is 18.2 Å². The average Bonchev–Trinajstić information content (AvgIpc) is 3.08. The van der Waals surface area contributed by atoms with Crippen molar-refractivity contribution in [1.82, 2.24) is 19.9 Å². The molecule has 4 rings (SSSR count). The first kappa shape index (κ1) is 18.4. The number of para-hydroxylation sites is 1. The molecule has 0 unspecified atom stereocenters. The number of rotatable bonds is 4. The number of anilines is 2. The number of pyridine rings is 1. The van der Waals surface area contributed by atoms with E-state index in [4.69, 9.17) is 11.6 Å². The smallest absolute Gasteiger partial charge is 0.228 e. The minimum atomic E-state index is -2.23. The zero-order valence-electron chi connectivity index (χ0n) is 15.2. The molecule has 0 spiro atoms. The fraction of sp³-hybridized carbons (Fsp3) is 0.105. The number of hydrogen-bond acceptors (Lipinski definition) is 6. The lowest BCUT2D eigenvalue weighted by atomic mass is 10.1. The van der Waals surface area contributed by atoms with E-state index < -0.39 is 9.73 Å². The van der Waals surface area contributed by atoms with Gasteiger partial charge in [0.25, 0.3) is 0 Å². The predicted molar refractivity (Wildman–Crippen MR) is 114 cm³/mol. The predicted octanol–water partition coefficient (Wildman–Crippen LogP) is 4.78. The summed E-state index contributed by atoms with van der Waals surface area (Å²) in [6, 6.07) is 11.4. The summed E-state index contributed by atoms with van der Waals surface area (Å²) in [4.78, 5) is 16.3. The van der Waals surface area contributed by atoms with Gasteiger partial charge in [0, 0.05) is 44.9 Å². The van der Waals surface area contributed by atoms with Gasteiger partial charge in [0.15, 0.2) is 0 Å². The molecule has 3 aromatic heterocycles. The van der Waals surface area contributed by atoms with Gasteiger partial charge in [-0.3, -0.25) is 0 Å². The second kappa shape index (κ2) is 7.21. The lowest BCUT2D eigenvalue weighted by molar-refractivity contribution is 0.684. The number of aromatic amines is 1. The summed E-state index contributed by atoms with van der Waals surface area (Å²) >= 11 is 6.35. The van der Waals surface area contributed by atoms with E-state index in [2.05, 4.69) is 29.6 Å². The van der Waals surface area contributed by atoms with E-state index in [-0.39, 0.29) is 0 Å². The van der Waals surface area contributed by atoms with Gasteiger partial charge in [-0.15, -0.1) is 0 Å². The Labute approximate surface area is 167 Å². The van der Waals surface area contributed by atoms with Crippen LogP contribution in [0.1, 0.15) is 0 Å². The molecular formula is C19H17ClN6OS. The summed E-state index contributed by atoms with van der Waals surface area (Å²) < 4.78 is 15.9. The SMILES string of the molecule is CS(C)(=O)=Nc1ccc(Nc2ncc(Cl)c(-c3c[nH]c4ccccc34)n2)nc1. The lowest BCUT2D eigenvalue weighted by Crippen LogP contribution is -2.00. The van der Waals surface area contributed by atoms with E-state index in [1.807, 2.05) is 30.5 Å². The molecule has 3 heterocycles. The quantitative estimate of drug-likeness (QED) is 0.503. The second-order valence-corrected chi connectivity index (χ2v) is 9.39. The standard InChI is InChI=1S/C19H17ClN6OS/c1-28(2,27)26-12-7-8-17(22-9-12)24-19-23-11-15(20)18(25-19)14-10-21-16-6-4-3-5-13(14)16/h3-11,21H,1-2H3,(H,22,23,24,25). The van der Waals surface area contributed by atoms with Crippen molar-refractivity contribution in [2.24, 2.45) is 4.36 Å². The summed E-state index contributed by atoms with van der Waals surface area (Å²) in [5.74, 6) is 0.918. The van der Waals surface area contributed by atoms with Crippen molar-refractivity contribution in [2.75, 3.05) is 17.8 Å². The Balaban J connectivity index is 1.65. The van der Waals surface area contributed by atoms with Gasteiger partial charge in [-0.2, -0.15) is 4.36 Å². The van der Waals surface area contributed by atoms with Crippen LogP contribution in [0, 0.1) is 0 Å². The number of fused-ring (bicyclic) bond motifs is 1. The molecule has 0 bridgehead atoms. The molecule has 28 heavy (non-hydrogen) atoms. The molecule has 9 heteroatoms. The van der Waals surface area contributed by atoms with Crippen molar-refractivity contribution in [2.45, 2.75) is 0 Å². The molecule has 0 amide bonds. The zero-order chi connectivity index (χ0) is 19.7. The van der Waals surface area contributed by atoms with Gasteiger partial charge in [-0.1, -0.05) is 29.8 Å².